The van der Waals surface area contributed by atoms with Gasteiger partial charge in [0, 0.05) is 13.1 Å². The van der Waals surface area contributed by atoms with Gasteiger partial charge in [-0.1, -0.05) is 6.92 Å². The molecular formula is C12H18N4O3. The minimum absolute atomic E-state index is 0.109. The summed E-state index contributed by atoms with van der Waals surface area (Å²) in [5, 5.41) is 13.3. The third-order valence-electron chi connectivity index (χ3n) is 3.99. The Balaban J connectivity index is 2.08. The van der Waals surface area contributed by atoms with Crippen LogP contribution < -0.4 is 0 Å². The number of likely N-dealkylation sites (tertiary alicyclic amines) is 1. The van der Waals surface area contributed by atoms with Gasteiger partial charge in [-0.15, -0.1) is 0 Å². The lowest BCUT2D eigenvalue weighted by atomic mass is 9.84. The highest BCUT2D eigenvalue weighted by atomic mass is 16.4. The van der Waals surface area contributed by atoms with Crippen molar-refractivity contribution in [1.82, 2.24) is 19.7 Å². The van der Waals surface area contributed by atoms with E-state index in [4.69, 9.17) is 0 Å². The first-order valence-electron chi connectivity index (χ1n) is 6.36. The first-order valence-corrected chi connectivity index (χ1v) is 6.36. The molecule has 1 fully saturated rings. The minimum Gasteiger partial charge on any atom is -0.481 e. The lowest BCUT2D eigenvalue weighted by Gasteiger charge is -2.24. The Morgan fingerprint density at radius 2 is 2.26 bits per heavy atom. The summed E-state index contributed by atoms with van der Waals surface area (Å²) in [4.78, 5) is 29.1. The molecule has 1 aromatic rings. The van der Waals surface area contributed by atoms with Crippen molar-refractivity contribution in [3.05, 3.63) is 12.7 Å². The fourth-order valence-corrected chi connectivity index (χ4v) is 2.47. The van der Waals surface area contributed by atoms with Crippen molar-refractivity contribution in [3.8, 4) is 0 Å². The molecule has 2 rings (SSSR count). The van der Waals surface area contributed by atoms with Gasteiger partial charge in [0.25, 0.3) is 0 Å². The highest BCUT2D eigenvalue weighted by Gasteiger charge is 2.45. The molecule has 1 saturated heterocycles. The Hall–Kier alpha value is -1.92. The molecule has 0 saturated carbocycles. The molecule has 104 valence electrons. The molecule has 0 aliphatic carbocycles. The van der Waals surface area contributed by atoms with E-state index in [0.29, 0.717) is 19.4 Å². The maximum atomic E-state index is 12.3. The summed E-state index contributed by atoms with van der Waals surface area (Å²) in [6, 6.07) is -0.455. The first-order chi connectivity index (χ1) is 9.00. The van der Waals surface area contributed by atoms with Gasteiger partial charge in [-0.2, -0.15) is 5.10 Å². The molecule has 1 N–H and O–H groups in total. The van der Waals surface area contributed by atoms with E-state index >= 15 is 0 Å². The number of amides is 1. The molecule has 0 aromatic carbocycles. The maximum Gasteiger partial charge on any atom is 0.311 e. The zero-order valence-corrected chi connectivity index (χ0v) is 11.1. The van der Waals surface area contributed by atoms with Crippen molar-refractivity contribution in [3.63, 3.8) is 0 Å². The third-order valence-corrected chi connectivity index (χ3v) is 3.99. The summed E-state index contributed by atoms with van der Waals surface area (Å²) in [6.45, 7) is 4.35. The number of rotatable bonds is 4. The van der Waals surface area contributed by atoms with Crippen LogP contribution in [-0.4, -0.2) is 49.7 Å². The first kappa shape index (κ1) is 13.5. The fourth-order valence-electron chi connectivity index (χ4n) is 2.47. The van der Waals surface area contributed by atoms with E-state index in [1.165, 1.54) is 17.3 Å². The highest BCUT2D eigenvalue weighted by Crippen LogP contribution is 2.35. The Labute approximate surface area is 111 Å². The number of carbonyl (C=O) groups excluding carboxylic acids is 1. The quantitative estimate of drug-likeness (QED) is 0.859. The summed E-state index contributed by atoms with van der Waals surface area (Å²) in [5.41, 5.74) is -0.794. The van der Waals surface area contributed by atoms with Crippen LogP contribution in [0.1, 0.15) is 32.7 Å². The summed E-state index contributed by atoms with van der Waals surface area (Å²) < 4.78 is 1.48. The van der Waals surface area contributed by atoms with Gasteiger partial charge in [-0.25, -0.2) is 9.67 Å². The van der Waals surface area contributed by atoms with Crippen molar-refractivity contribution in [2.45, 2.75) is 32.7 Å². The van der Waals surface area contributed by atoms with Gasteiger partial charge >= 0.3 is 5.97 Å². The zero-order chi connectivity index (χ0) is 14.0. The lowest BCUT2D eigenvalue weighted by molar-refractivity contribution is -0.148. The monoisotopic (exact) mass is 266 g/mol. The molecule has 19 heavy (non-hydrogen) atoms. The van der Waals surface area contributed by atoms with Crippen molar-refractivity contribution in [1.29, 1.82) is 0 Å². The molecule has 0 radical (unpaired) electrons. The van der Waals surface area contributed by atoms with Gasteiger partial charge in [0.2, 0.25) is 5.91 Å². The molecule has 0 spiro atoms. The van der Waals surface area contributed by atoms with E-state index in [1.807, 2.05) is 6.92 Å². The second-order valence-electron chi connectivity index (χ2n) is 5.00. The molecule has 1 aromatic heterocycles. The average molecular weight is 266 g/mol. The number of carboxylic acids is 1. The Bertz CT molecular complexity index is 473. The van der Waals surface area contributed by atoms with Gasteiger partial charge in [-0.05, 0) is 19.8 Å². The average Bonchev–Trinajstić information content (AvgIpc) is 3.06. The smallest absolute Gasteiger partial charge is 0.311 e. The molecule has 7 nitrogen and oxygen atoms in total. The molecule has 7 heteroatoms. The van der Waals surface area contributed by atoms with Crippen LogP contribution in [0.4, 0.5) is 0 Å². The number of aromatic nitrogens is 3. The number of carbonyl (C=O) groups is 2. The summed E-state index contributed by atoms with van der Waals surface area (Å²) in [5.74, 6) is -0.930. The largest absolute Gasteiger partial charge is 0.481 e. The Morgan fingerprint density at radius 1 is 1.53 bits per heavy atom. The molecule has 2 heterocycles. The van der Waals surface area contributed by atoms with Crippen LogP contribution in [0.2, 0.25) is 0 Å². The predicted molar refractivity (Wildman–Crippen MR) is 66.3 cm³/mol. The van der Waals surface area contributed by atoms with E-state index in [-0.39, 0.29) is 12.5 Å². The molecule has 0 bridgehead atoms. The standard InChI is InChI=1S/C12H18N4O3/c1-3-12(11(18)19)4-5-15(6-12)10(17)9(2)16-8-13-7-14-16/h7-9H,3-6H2,1-2H3,(H,18,19). The molecule has 1 aliphatic heterocycles. The second-order valence-corrected chi connectivity index (χ2v) is 5.00. The molecule has 2 atom stereocenters. The van der Waals surface area contributed by atoms with Gasteiger partial charge in [0.05, 0.1) is 5.41 Å². The molecular weight excluding hydrogens is 248 g/mol. The van der Waals surface area contributed by atoms with E-state index in [0.717, 1.165) is 0 Å². The lowest BCUT2D eigenvalue weighted by Crippen LogP contribution is -2.39. The number of carboxylic acid groups (broad SMARTS) is 1. The van der Waals surface area contributed by atoms with Crippen LogP contribution in [0.3, 0.4) is 0 Å². The molecule has 1 amide bonds. The number of hydrogen-bond donors (Lipinski definition) is 1. The van der Waals surface area contributed by atoms with Crippen LogP contribution in [0.15, 0.2) is 12.7 Å². The molecule has 1 aliphatic rings. The van der Waals surface area contributed by atoms with Crippen LogP contribution in [0.5, 0.6) is 0 Å². The van der Waals surface area contributed by atoms with E-state index < -0.39 is 17.4 Å². The van der Waals surface area contributed by atoms with Gasteiger partial charge in [0.15, 0.2) is 0 Å². The van der Waals surface area contributed by atoms with Crippen LogP contribution in [-0.2, 0) is 9.59 Å². The maximum absolute atomic E-state index is 12.3. The Kier molecular flexibility index (Phi) is 3.55. The van der Waals surface area contributed by atoms with Crippen LogP contribution in [0.25, 0.3) is 0 Å². The SMILES string of the molecule is CCC1(C(=O)O)CCN(C(=O)C(C)n2cncn2)C1. The number of aliphatic carboxylic acids is 1. The van der Waals surface area contributed by atoms with E-state index in [9.17, 15) is 14.7 Å². The number of hydrogen-bond acceptors (Lipinski definition) is 4. The highest BCUT2D eigenvalue weighted by molar-refractivity contribution is 5.82. The summed E-state index contributed by atoms with van der Waals surface area (Å²) in [7, 11) is 0. The van der Waals surface area contributed by atoms with Crippen LogP contribution in [0, 0.1) is 5.41 Å². The minimum atomic E-state index is -0.821. The van der Waals surface area contributed by atoms with Crippen molar-refractivity contribution in [2.24, 2.45) is 5.41 Å². The summed E-state index contributed by atoms with van der Waals surface area (Å²) in [6.07, 6.45) is 3.91. The number of nitrogens with zero attached hydrogens (tertiary/aromatic N) is 4. The van der Waals surface area contributed by atoms with E-state index in [1.54, 1.807) is 11.8 Å². The van der Waals surface area contributed by atoms with Crippen molar-refractivity contribution in [2.75, 3.05) is 13.1 Å². The van der Waals surface area contributed by atoms with Gasteiger partial charge in [-0.3, -0.25) is 9.59 Å². The second kappa shape index (κ2) is 4.99. The van der Waals surface area contributed by atoms with Gasteiger partial charge < -0.3 is 10.0 Å². The summed E-state index contributed by atoms with van der Waals surface area (Å²) >= 11 is 0. The normalized spacial score (nSPS) is 24.4. The predicted octanol–water partition coefficient (Wildman–Crippen LogP) is 0.552. The third kappa shape index (κ3) is 2.32. The fraction of sp³-hybridized carbons (Fsp3) is 0.667. The van der Waals surface area contributed by atoms with Crippen molar-refractivity contribution < 1.29 is 14.7 Å². The van der Waals surface area contributed by atoms with Crippen molar-refractivity contribution >= 4 is 11.9 Å². The topological polar surface area (TPSA) is 88.3 Å². The molecule has 2 unspecified atom stereocenters. The van der Waals surface area contributed by atoms with E-state index in [2.05, 4.69) is 10.1 Å². The Morgan fingerprint density at radius 3 is 2.74 bits per heavy atom. The van der Waals surface area contributed by atoms with Gasteiger partial charge in [0.1, 0.15) is 18.7 Å². The van der Waals surface area contributed by atoms with Crippen LogP contribution >= 0.6 is 0 Å². The zero-order valence-electron chi connectivity index (χ0n) is 11.1.